The second-order valence-corrected chi connectivity index (χ2v) is 5.32. The zero-order valence-corrected chi connectivity index (χ0v) is 9.92. The minimum Gasteiger partial charge on any atom is -0.392 e. The predicted octanol–water partition coefficient (Wildman–Crippen LogP) is 2.43. The zero-order valence-electron chi connectivity index (χ0n) is 9.92. The first-order valence-electron chi connectivity index (χ1n) is 5.00. The van der Waals surface area contributed by atoms with Crippen LogP contribution in [0.3, 0.4) is 0 Å². The average molecular weight is 197 g/mol. The standard InChI is InChI=1S/C11H21N2O/c1-10(2)7-9(12-14-6)8-11(3,4)13(10)5/h6-8H2,1-5H3. The number of piperidine rings is 1. The van der Waals surface area contributed by atoms with Gasteiger partial charge in [-0.3, -0.25) is 4.90 Å². The van der Waals surface area contributed by atoms with Crippen LogP contribution in [0.5, 0.6) is 0 Å². The summed E-state index contributed by atoms with van der Waals surface area (Å²) in [5.74, 6) is 0. The van der Waals surface area contributed by atoms with E-state index in [-0.39, 0.29) is 11.1 Å². The van der Waals surface area contributed by atoms with Crippen LogP contribution in [0.25, 0.3) is 0 Å². The van der Waals surface area contributed by atoms with E-state index in [4.69, 9.17) is 0 Å². The van der Waals surface area contributed by atoms with Crippen LogP contribution in [0.15, 0.2) is 5.16 Å². The molecule has 0 bridgehead atoms. The summed E-state index contributed by atoms with van der Waals surface area (Å²) < 4.78 is 0. The Morgan fingerprint density at radius 1 is 1.21 bits per heavy atom. The molecule has 3 heteroatoms. The summed E-state index contributed by atoms with van der Waals surface area (Å²) in [4.78, 5) is 7.03. The van der Waals surface area contributed by atoms with Crippen molar-refractivity contribution >= 4 is 5.71 Å². The quantitative estimate of drug-likeness (QED) is 0.603. The molecule has 1 fully saturated rings. The van der Waals surface area contributed by atoms with E-state index in [0.29, 0.717) is 0 Å². The molecule has 0 aromatic heterocycles. The third-order valence-electron chi connectivity index (χ3n) is 3.28. The molecule has 0 N–H and O–H groups in total. The molecular weight excluding hydrogens is 176 g/mol. The Labute approximate surface area is 87.1 Å². The van der Waals surface area contributed by atoms with Gasteiger partial charge >= 0.3 is 0 Å². The van der Waals surface area contributed by atoms with E-state index in [1.807, 2.05) is 0 Å². The van der Waals surface area contributed by atoms with Crippen LogP contribution in [0.2, 0.25) is 0 Å². The molecule has 0 aliphatic carbocycles. The van der Waals surface area contributed by atoms with Crippen LogP contribution >= 0.6 is 0 Å². The van der Waals surface area contributed by atoms with Gasteiger partial charge in [0, 0.05) is 23.9 Å². The van der Waals surface area contributed by atoms with Crippen molar-refractivity contribution in [3.05, 3.63) is 7.11 Å². The van der Waals surface area contributed by atoms with Gasteiger partial charge < -0.3 is 4.84 Å². The number of hydrogen-bond donors (Lipinski definition) is 0. The maximum absolute atomic E-state index is 4.62. The Hall–Kier alpha value is -0.570. The van der Waals surface area contributed by atoms with Gasteiger partial charge in [0.2, 0.25) is 0 Å². The lowest BCUT2D eigenvalue weighted by Crippen LogP contribution is -2.58. The second kappa shape index (κ2) is 3.54. The Morgan fingerprint density at radius 3 is 2.00 bits per heavy atom. The molecule has 1 aliphatic rings. The molecule has 0 spiro atoms. The van der Waals surface area contributed by atoms with Crippen molar-refractivity contribution in [2.24, 2.45) is 5.16 Å². The van der Waals surface area contributed by atoms with E-state index < -0.39 is 0 Å². The van der Waals surface area contributed by atoms with E-state index in [1.165, 1.54) is 0 Å². The van der Waals surface area contributed by atoms with Crippen molar-refractivity contribution in [2.45, 2.75) is 51.6 Å². The first-order chi connectivity index (χ1) is 6.29. The first-order valence-corrected chi connectivity index (χ1v) is 5.00. The predicted molar refractivity (Wildman–Crippen MR) is 59.0 cm³/mol. The van der Waals surface area contributed by atoms with Crippen molar-refractivity contribution in [3.63, 3.8) is 0 Å². The SMILES string of the molecule is [CH2]ON=C1CC(C)(C)N(C)C(C)(C)C1. The van der Waals surface area contributed by atoms with Crippen molar-refractivity contribution in [3.8, 4) is 0 Å². The topological polar surface area (TPSA) is 24.8 Å². The molecular formula is C11H21N2O. The smallest absolute Gasteiger partial charge is 0.153 e. The molecule has 1 aliphatic heterocycles. The summed E-state index contributed by atoms with van der Waals surface area (Å²) in [6, 6.07) is 0. The highest BCUT2D eigenvalue weighted by atomic mass is 16.6. The van der Waals surface area contributed by atoms with E-state index in [1.54, 1.807) is 0 Å². The van der Waals surface area contributed by atoms with E-state index in [9.17, 15) is 0 Å². The normalized spacial score (nSPS) is 26.0. The average Bonchev–Trinajstić information content (AvgIpc) is 1.99. The molecule has 0 unspecified atom stereocenters. The molecule has 3 nitrogen and oxygen atoms in total. The van der Waals surface area contributed by atoms with Crippen LogP contribution in [0, 0.1) is 7.11 Å². The van der Waals surface area contributed by atoms with Gasteiger partial charge in [0.25, 0.3) is 0 Å². The molecule has 0 aromatic rings. The molecule has 1 saturated heterocycles. The Morgan fingerprint density at radius 2 is 1.64 bits per heavy atom. The van der Waals surface area contributed by atoms with Gasteiger partial charge in [0.15, 0.2) is 7.11 Å². The van der Waals surface area contributed by atoms with Gasteiger partial charge in [0.1, 0.15) is 0 Å². The van der Waals surface area contributed by atoms with Crippen molar-refractivity contribution < 1.29 is 4.84 Å². The second-order valence-electron chi connectivity index (χ2n) is 5.32. The molecule has 1 rings (SSSR count). The van der Waals surface area contributed by atoms with Crippen LogP contribution in [-0.2, 0) is 4.84 Å². The van der Waals surface area contributed by atoms with Gasteiger partial charge in [-0.1, -0.05) is 5.16 Å². The maximum atomic E-state index is 4.62. The Kier molecular flexibility index (Phi) is 2.91. The van der Waals surface area contributed by atoms with Gasteiger partial charge in [-0.2, -0.15) is 0 Å². The first kappa shape index (κ1) is 11.5. The minimum atomic E-state index is 0.138. The molecule has 0 atom stereocenters. The number of nitrogens with zero attached hydrogens (tertiary/aromatic N) is 2. The Bertz CT molecular complexity index is 224. The van der Waals surface area contributed by atoms with E-state index in [0.717, 1.165) is 18.6 Å². The summed E-state index contributed by atoms with van der Waals surface area (Å²) in [6.45, 7) is 8.91. The number of rotatable bonds is 1. The number of oxime groups is 1. The van der Waals surface area contributed by atoms with Gasteiger partial charge in [-0.25, -0.2) is 0 Å². The molecule has 0 aromatic carbocycles. The van der Waals surface area contributed by atoms with Gasteiger partial charge in [0.05, 0.1) is 5.71 Å². The van der Waals surface area contributed by atoms with Crippen molar-refractivity contribution in [1.29, 1.82) is 0 Å². The van der Waals surface area contributed by atoms with E-state index >= 15 is 0 Å². The fourth-order valence-electron chi connectivity index (χ4n) is 2.27. The largest absolute Gasteiger partial charge is 0.392 e. The van der Waals surface area contributed by atoms with Gasteiger partial charge in [-0.05, 0) is 34.7 Å². The highest BCUT2D eigenvalue weighted by Crippen LogP contribution is 2.35. The third-order valence-corrected chi connectivity index (χ3v) is 3.28. The summed E-state index contributed by atoms with van der Waals surface area (Å²) in [7, 11) is 5.46. The fraction of sp³-hybridized carbons (Fsp3) is 0.818. The van der Waals surface area contributed by atoms with Crippen LogP contribution in [-0.4, -0.2) is 28.7 Å². The summed E-state index contributed by atoms with van der Waals surface area (Å²) in [5.41, 5.74) is 1.38. The summed E-state index contributed by atoms with van der Waals surface area (Å²) >= 11 is 0. The molecule has 1 radical (unpaired) electrons. The summed E-state index contributed by atoms with van der Waals surface area (Å²) in [6.07, 6.45) is 1.89. The van der Waals surface area contributed by atoms with Crippen LogP contribution in [0.1, 0.15) is 40.5 Å². The highest BCUT2D eigenvalue weighted by Gasteiger charge is 2.41. The highest BCUT2D eigenvalue weighted by molar-refractivity contribution is 5.87. The Balaban J connectivity index is 2.92. The number of hydrogen-bond acceptors (Lipinski definition) is 3. The van der Waals surface area contributed by atoms with Gasteiger partial charge in [-0.15, -0.1) is 0 Å². The molecule has 0 saturated carbocycles. The third kappa shape index (κ3) is 2.08. The minimum absolute atomic E-state index is 0.138. The maximum Gasteiger partial charge on any atom is 0.153 e. The molecule has 14 heavy (non-hydrogen) atoms. The fourth-order valence-corrected chi connectivity index (χ4v) is 2.27. The van der Waals surface area contributed by atoms with E-state index in [2.05, 4.69) is 56.7 Å². The molecule has 1 heterocycles. The molecule has 0 amide bonds. The summed E-state index contributed by atoms with van der Waals surface area (Å²) in [5, 5.41) is 3.99. The lowest BCUT2D eigenvalue weighted by atomic mass is 9.79. The van der Waals surface area contributed by atoms with Crippen LogP contribution < -0.4 is 0 Å². The number of likely N-dealkylation sites (tertiary alicyclic amines) is 1. The lowest BCUT2D eigenvalue weighted by molar-refractivity contribution is 0.0361. The van der Waals surface area contributed by atoms with Crippen molar-refractivity contribution in [2.75, 3.05) is 7.05 Å². The van der Waals surface area contributed by atoms with Crippen LogP contribution in [0.4, 0.5) is 0 Å². The zero-order chi connectivity index (χ0) is 11.0. The monoisotopic (exact) mass is 197 g/mol. The van der Waals surface area contributed by atoms with Crippen molar-refractivity contribution in [1.82, 2.24) is 4.90 Å². The lowest BCUT2D eigenvalue weighted by Gasteiger charge is -2.50. The molecule has 81 valence electrons.